The van der Waals surface area contributed by atoms with Crippen molar-refractivity contribution < 1.29 is 4.79 Å². The van der Waals surface area contributed by atoms with E-state index in [1.807, 2.05) is 6.26 Å². The molecular formula is C21H31N5OS2. The molecule has 3 heterocycles. The molecule has 158 valence electrons. The van der Waals surface area contributed by atoms with E-state index in [-0.39, 0.29) is 5.91 Å². The molecule has 2 aliphatic heterocycles. The molecule has 1 aliphatic carbocycles. The second-order valence-corrected chi connectivity index (χ2v) is 10.0. The Bertz CT molecular complexity index is 788. The van der Waals surface area contributed by atoms with Crippen molar-refractivity contribution in [2.24, 2.45) is 4.99 Å². The highest BCUT2D eigenvalue weighted by Crippen LogP contribution is 2.30. The second-order valence-electron chi connectivity index (χ2n) is 8.28. The van der Waals surface area contributed by atoms with Crippen LogP contribution in [0.4, 0.5) is 0 Å². The maximum atomic E-state index is 12.9. The smallest absolute Gasteiger partial charge is 0.236 e. The number of nitrogens with zero attached hydrogens (tertiary/aromatic N) is 5. The Morgan fingerprint density at radius 2 is 2.21 bits per heavy atom. The minimum atomic E-state index is 0.271. The predicted octanol–water partition coefficient (Wildman–Crippen LogP) is 2.95. The van der Waals surface area contributed by atoms with Gasteiger partial charge in [0.2, 0.25) is 5.91 Å². The Labute approximate surface area is 182 Å². The number of carbonyl (C=O) groups is 1. The van der Waals surface area contributed by atoms with E-state index >= 15 is 0 Å². The van der Waals surface area contributed by atoms with Crippen molar-refractivity contribution in [1.29, 1.82) is 0 Å². The fourth-order valence-electron chi connectivity index (χ4n) is 4.43. The average molecular weight is 434 g/mol. The molecule has 1 aromatic rings. The van der Waals surface area contributed by atoms with Gasteiger partial charge in [-0.3, -0.25) is 14.6 Å². The molecule has 2 fully saturated rings. The standard InChI is InChI=1S/C21H31N5OS2/c1-15-11-25(9-10-26(15)17-5-4-6-17)20(27)13-24-8-7-18-19(12-24)29-21(23-18)16(2)22-14-28-3/h14-15,17H,2,4-13H2,1,3H3. The first-order valence-electron chi connectivity index (χ1n) is 10.5. The summed E-state index contributed by atoms with van der Waals surface area (Å²) in [6.07, 6.45) is 6.90. The zero-order chi connectivity index (χ0) is 20.4. The second kappa shape index (κ2) is 9.29. The first kappa shape index (κ1) is 21.0. The van der Waals surface area contributed by atoms with Crippen LogP contribution in [0.2, 0.25) is 0 Å². The topological polar surface area (TPSA) is 52.0 Å². The molecule has 6 nitrogen and oxygen atoms in total. The first-order valence-corrected chi connectivity index (χ1v) is 12.6. The highest BCUT2D eigenvalue weighted by Gasteiger charge is 2.34. The fourth-order valence-corrected chi connectivity index (χ4v) is 5.73. The minimum absolute atomic E-state index is 0.271. The molecule has 0 aromatic carbocycles. The molecule has 0 spiro atoms. The van der Waals surface area contributed by atoms with E-state index in [1.54, 1.807) is 28.6 Å². The summed E-state index contributed by atoms with van der Waals surface area (Å²) in [6, 6.07) is 1.24. The Kier molecular flexibility index (Phi) is 6.73. The van der Waals surface area contributed by atoms with E-state index in [4.69, 9.17) is 4.98 Å². The summed E-state index contributed by atoms with van der Waals surface area (Å²) in [6.45, 7) is 11.3. The molecule has 1 saturated carbocycles. The molecule has 1 unspecified atom stereocenters. The van der Waals surface area contributed by atoms with Crippen LogP contribution < -0.4 is 0 Å². The van der Waals surface area contributed by atoms with Gasteiger partial charge in [0, 0.05) is 56.1 Å². The van der Waals surface area contributed by atoms with Crippen LogP contribution in [-0.4, -0.2) is 82.2 Å². The third kappa shape index (κ3) is 4.76. The molecule has 0 bridgehead atoms. The summed E-state index contributed by atoms with van der Waals surface area (Å²) in [7, 11) is 0. The molecule has 3 aliphatic rings. The Morgan fingerprint density at radius 1 is 1.38 bits per heavy atom. The number of carbonyl (C=O) groups excluding carboxylic acids is 1. The number of thiazole rings is 1. The molecule has 0 radical (unpaired) electrons. The largest absolute Gasteiger partial charge is 0.339 e. The summed E-state index contributed by atoms with van der Waals surface area (Å²) in [5.74, 6) is 0.271. The van der Waals surface area contributed by atoms with Crippen molar-refractivity contribution in [3.63, 3.8) is 0 Å². The number of amides is 1. The average Bonchev–Trinajstić information content (AvgIpc) is 3.09. The SMILES string of the molecule is C=C(N=CSC)c1nc2c(s1)CN(CC(=O)N1CCN(C3CCC3)C(C)C1)CC2. The van der Waals surface area contributed by atoms with Gasteiger partial charge in [-0.1, -0.05) is 13.0 Å². The van der Waals surface area contributed by atoms with Gasteiger partial charge in [-0.05, 0) is 26.0 Å². The van der Waals surface area contributed by atoms with Crippen molar-refractivity contribution in [1.82, 2.24) is 19.7 Å². The highest BCUT2D eigenvalue weighted by atomic mass is 32.2. The molecule has 1 atom stereocenters. The van der Waals surface area contributed by atoms with E-state index in [0.29, 0.717) is 12.6 Å². The molecule has 1 amide bonds. The monoisotopic (exact) mass is 433 g/mol. The van der Waals surface area contributed by atoms with Crippen LogP contribution >= 0.6 is 23.1 Å². The Morgan fingerprint density at radius 3 is 2.90 bits per heavy atom. The number of fused-ring (bicyclic) bond motifs is 1. The fraction of sp³-hybridized carbons (Fsp3) is 0.667. The lowest BCUT2D eigenvalue weighted by Gasteiger charge is -2.47. The summed E-state index contributed by atoms with van der Waals surface area (Å²) >= 11 is 3.22. The van der Waals surface area contributed by atoms with Gasteiger partial charge < -0.3 is 4.90 Å². The first-order chi connectivity index (χ1) is 14.0. The van der Waals surface area contributed by atoms with Crippen LogP contribution in [-0.2, 0) is 17.8 Å². The number of rotatable bonds is 6. The van der Waals surface area contributed by atoms with Crippen molar-refractivity contribution in [2.45, 2.75) is 51.2 Å². The molecule has 4 rings (SSSR count). The number of piperazine rings is 1. The minimum Gasteiger partial charge on any atom is -0.339 e. The summed E-state index contributed by atoms with van der Waals surface area (Å²) < 4.78 is 0. The third-order valence-electron chi connectivity index (χ3n) is 6.31. The number of aromatic nitrogens is 1. The number of aliphatic imine (C=N–C) groups is 1. The van der Waals surface area contributed by atoms with Gasteiger partial charge in [0.25, 0.3) is 0 Å². The summed E-state index contributed by atoms with van der Waals surface area (Å²) in [4.78, 5) is 30.2. The van der Waals surface area contributed by atoms with Crippen LogP contribution in [0.15, 0.2) is 11.6 Å². The molecule has 1 aromatic heterocycles. The van der Waals surface area contributed by atoms with Gasteiger partial charge in [0.1, 0.15) is 5.01 Å². The van der Waals surface area contributed by atoms with Gasteiger partial charge >= 0.3 is 0 Å². The van der Waals surface area contributed by atoms with E-state index < -0.39 is 0 Å². The van der Waals surface area contributed by atoms with E-state index in [0.717, 1.165) is 61.6 Å². The van der Waals surface area contributed by atoms with Crippen LogP contribution in [0.5, 0.6) is 0 Å². The zero-order valence-electron chi connectivity index (χ0n) is 17.5. The Balaban J connectivity index is 1.31. The van der Waals surface area contributed by atoms with Gasteiger partial charge in [0.05, 0.1) is 23.5 Å². The lowest BCUT2D eigenvalue weighted by Crippen LogP contribution is -2.59. The van der Waals surface area contributed by atoms with Crippen LogP contribution in [0, 0.1) is 0 Å². The van der Waals surface area contributed by atoms with Gasteiger partial charge in [-0.15, -0.1) is 23.1 Å². The summed E-state index contributed by atoms with van der Waals surface area (Å²) in [5.41, 5.74) is 3.66. The zero-order valence-corrected chi connectivity index (χ0v) is 19.1. The lowest BCUT2D eigenvalue weighted by molar-refractivity contribution is -0.136. The summed E-state index contributed by atoms with van der Waals surface area (Å²) in [5, 5.41) is 0.898. The number of thioether (sulfide) groups is 1. The highest BCUT2D eigenvalue weighted by molar-refractivity contribution is 8.11. The van der Waals surface area contributed by atoms with E-state index in [1.165, 1.54) is 24.1 Å². The van der Waals surface area contributed by atoms with Gasteiger partial charge in [0.15, 0.2) is 0 Å². The maximum absolute atomic E-state index is 12.9. The molecular weight excluding hydrogens is 402 g/mol. The van der Waals surface area contributed by atoms with Crippen molar-refractivity contribution in [3.8, 4) is 0 Å². The van der Waals surface area contributed by atoms with Crippen molar-refractivity contribution in [3.05, 3.63) is 22.2 Å². The molecule has 8 heteroatoms. The quantitative estimate of drug-likeness (QED) is 0.510. The van der Waals surface area contributed by atoms with Crippen LogP contribution in [0.25, 0.3) is 5.70 Å². The van der Waals surface area contributed by atoms with E-state index in [9.17, 15) is 4.79 Å². The molecule has 1 saturated heterocycles. The Hall–Kier alpha value is -1.22. The van der Waals surface area contributed by atoms with Crippen molar-refractivity contribution in [2.75, 3.05) is 39.0 Å². The van der Waals surface area contributed by atoms with E-state index in [2.05, 4.69) is 33.2 Å². The molecule has 29 heavy (non-hydrogen) atoms. The normalized spacial score (nSPS) is 23.9. The predicted molar refractivity (Wildman–Crippen MR) is 123 cm³/mol. The van der Waals surface area contributed by atoms with Crippen LogP contribution in [0.1, 0.15) is 41.8 Å². The number of hydrogen-bond acceptors (Lipinski definition) is 7. The van der Waals surface area contributed by atoms with Crippen LogP contribution in [0.3, 0.4) is 0 Å². The molecule has 0 N–H and O–H groups in total. The maximum Gasteiger partial charge on any atom is 0.236 e. The van der Waals surface area contributed by atoms with Gasteiger partial charge in [-0.2, -0.15) is 0 Å². The third-order valence-corrected chi connectivity index (χ3v) is 7.75. The number of hydrogen-bond donors (Lipinski definition) is 0. The van der Waals surface area contributed by atoms with Crippen molar-refractivity contribution >= 4 is 40.2 Å². The lowest BCUT2D eigenvalue weighted by atomic mass is 9.90. The van der Waals surface area contributed by atoms with Gasteiger partial charge in [-0.25, -0.2) is 9.98 Å².